The number of ether oxygens (including phenoxy) is 1. The Kier molecular flexibility index (Phi) is 5.35. The molecule has 28 heavy (non-hydrogen) atoms. The lowest BCUT2D eigenvalue weighted by Gasteiger charge is -2.13. The van der Waals surface area contributed by atoms with Crippen LogP contribution >= 0.6 is 0 Å². The molecule has 1 unspecified atom stereocenters. The number of anilines is 1. The van der Waals surface area contributed by atoms with Crippen LogP contribution in [-0.4, -0.2) is 41.9 Å². The predicted octanol–water partition coefficient (Wildman–Crippen LogP) is 2.29. The van der Waals surface area contributed by atoms with Crippen LogP contribution in [0.25, 0.3) is 0 Å². The molecule has 3 rings (SSSR count). The predicted molar refractivity (Wildman–Crippen MR) is 99.3 cm³/mol. The molecule has 144 valence electrons. The molecule has 1 atom stereocenters. The Labute approximate surface area is 160 Å². The van der Waals surface area contributed by atoms with Crippen LogP contribution in [-0.2, 0) is 9.53 Å². The number of nitro benzene ring substituents is 1. The summed E-state index contributed by atoms with van der Waals surface area (Å²) in [5.74, 6) is -0.488. The number of cyclic esters (lactones) is 1. The Balaban J connectivity index is 1.69. The molecule has 0 aliphatic carbocycles. The van der Waals surface area contributed by atoms with Gasteiger partial charge in [-0.3, -0.25) is 24.6 Å². The van der Waals surface area contributed by atoms with Gasteiger partial charge in [-0.1, -0.05) is 0 Å². The van der Waals surface area contributed by atoms with Gasteiger partial charge in [0.15, 0.2) is 5.78 Å². The third-order valence-corrected chi connectivity index (χ3v) is 4.23. The molecule has 9 nitrogen and oxygen atoms in total. The van der Waals surface area contributed by atoms with Gasteiger partial charge in [0.05, 0.1) is 18.0 Å². The first kappa shape index (κ1) is 19.0. The van der Waals surface area contributed by atoms with E-state index in [0.29, 0.717) is 16.8 Å². The number of carbonyl (C=O) groups is 3. The Hall–Kier alpha value is -3.75. The summed E-state index contributed by atoms with van der Waals surface area (Å²) in [4.78, 5) is 47.1. The van der Waals surface area contributed by atoms with Crippen LogP contribution in [0.3, 0.4) is 0 Å². The highest BCUT2D eigenvalue weighted by molar-refractivity contribution is 6.09. The maximum atomic E-state index is 12.5. The average Bonchev–Trinajstić information content (AvgIpc) is 3.06. The van der Waals surface area contributed by atoms with Crippen LogP contribution in [0.4, 0.5) is 16.2 Å². The van der Waals surface area contributed by atoms with E-state index in [1.807, 2.05) is 0 Å². The molecule has 0 bridgehead atoms. The molecule has 1 N–H and O–H groups in total. The Morgan fingerprint density at radius 3 is 2.25 bits per heavy atom. The van der Waals surface area contributed by atoms with E-state index in [9.17, 15) is 24.5 Å². The topological polar surface area (TPSA) is 119 Å². The van der Waals surface area contributed by atoms with Crippen LogP contribution in [0.15, 0.2) is 48.5 Å². The second-order valence-corrected chi connectivity index (χ2v) is 6.23. The van der Waals surface area contributed by atoms with Crippen molar-refractivity contribution in [2.45, 2.75) is 13.0 Å². The highest BCUT2D eigenvalue weighted by Crippen LogP contribution is 2.23. The maximum Gasteiger partial charge on any atom is 0.414 e. The zero-order chi connectivity index (χ0) is 20.3. The number of nitro groups is 1. The van der Waals surface area contributed by atoms with Crippen LogP contribution in [0.2, 0.25) is 0 Å². The fourth-order valence-corrected chi connectivity index (χ4v) is 2.79. The lowest BCUT2D eigenvalue weighted by atomic mass is 10.0. The van der Waals surface area contributed by atoms with E-state index in [-0.39, 0.29) is 30.5 Å². The molecule has 0 aromatic heterocycles. The molecule has 1 aliphatic rings. The molecule has 1 heterocycles. The number of amides is 2. The average molecular weight is 383 g/mol. The largest absolute Gasteiger partial charge is 0.442 e. The third kappa shape index (κ3) is 4.14. The maximum absolute atomic E-state index is 12.5. The van der Waals surface area contributed by atoms with Crippen molar-refractivity contribution < 1.29 is 24.0 Å². The number of benzene rings is 2. The zero-order valence-corrected chi connectivity index (χ0v) is 15.0. The smallest absolute Gasteiger partial charge is 0.414 e. The number of ketones is 1. The van der Waals surface area contributed by atoms with Gasteiger partial charge in [-0.05, 0) is 36.4 Å². The molecule has 1 aliphatic heterocycles. The second-order valence-electron chi connectivity index (χ2n) is 6.23. The van der Waals surface area contributed by atoms with Gasteiger partial charge in [0.25, 0.3) is 5.69 Å². The standard InChI is InChI=1S/C19H17N3O6/c1-12(23)20-10-17-11-21(19(25)28-17)15-6-2-13(3-7-15)18(24)14-4-8-16(9-5-14)22(26)27/h2-9,17H,10-11H2,1H3,(H,20,23). The Bertz CT molecular complexity index is 924. The van der Waals surface area contributed by atoms with Gasteiger partial charge < -0.3 is 10.1 Å². The second kappa shape index (κ2) is 7.87. The molecule has 2 aromatic rings. The molecule has 1 fully saturated rings. The van der Waals surface area contributed by atoms with Gasteiger partial charge in [-0.2, -0.15) is 0 Å². The number of rotatable bonds is 6. The lowest BCUT2D eigenvalue weighted by molar-refractivity contribution is -0.384. The number of carbonyl (C=O) groups excluding carboxylic acids is 3. The summed E-state index contributed by atoms with van der Waals surface area (Å²) in [6.07, 6.45) is -0.970. The zero-order valence-electron chi connectivity index (χ0n) is 15.0. The number of nitrogens with zero attached hydrogens (tertiary/aromatic N) is 2. The summed E-state index contributed by atoms with van der Waals surface area (Å²) in [5.41, 5.74) is 1.19. The minimum absolute atomic E-state index is 0.0896. The number of non-ortho nitro benzene ring substituents is 1. The van der Waals surface area contributed by atoms with Crippen molar-refractivity contribution in [3.05, 3.63) is 69.8 Å². The van der Waals surface area contributed by atoms with E-state index in [4.69, 9.17) is 4.74 Å². The van der Waals surface area contributed by atoms with E-state index in [0.717, 1.165) is 0 Å². The molecular weight excluding hydrogens is 366 g/mol. The van der Waals surface area contributed by atoms with Gasteiger partial charge in [-0.25, -0.2) is 4.79 Å². The summed E-state index contributed by atoms with van der Waals surface area (Å²) in [6, 6.07) is 11.8. The molecule has 0 saturated carbocycles. The van der Waals surface area contributed by atoms with E-state index in [1.165, 1.54) is 36.1 Å². The summed E-state index contributed by atoms with van der Waals surface area (Å²) in [7, 11) is 0. The van der Waals surface area contributed by atoms with Crippen molar-refractivity contribution in [2.75, 3.05) is 18.0 Å². The van der Waals surface area contributed by atoms with Crippen LogP contribution in [0.1, 0.15) is 22.8 Å². The van der Waals surface area contributed by atoms with Crippen LogP contribution < -0.4 is 10.2 Å². The fraction of sp³-hybridized carbons (Fsp3) is 0.211. The van der Waals surface area contributed by atoms with Crippen LogP contribution in [0.5, 0.6) is 0 Å². The molecule has 2 amide bonds. The van der Waals surface area contributed by atoms with Gasteiger partial charge in [0, 0.05) is 35.9 Å². The minimum atomic E-state index is -0.530. The third-order valence-electron chi connectivity index (χ3n) is 4.23. The van der Waals surface area contributed by atoms with Crippen molar-refractivity contribution in [1.29, 1.82) is 0 Å². The Morgan fingerprint density at radius 1 is 1.14 bits per heavy atom. The van der Waals surface area contributed by atoms with E-state index < -0.39 is 17.1 Å². The van der Waals surface area contributed by atoms with Crippen molar-refractivity contribution in [3.8, 4) is 0 Å². The monoisotopic (exact) mass is 383 g/mol. The molecule has 1 saturated heterocycles. The summed E-state index contributed by atoms with van der Waals surface area (Å²) in [5, 5.41) is 13.3. The van der Waals surface area contributed by atoms with Crippen LogP contribution in [0, 0.1) is 10.1 Å². The fourth-order valence-electron chi connectivity index (χ4n) is 2.79. The first-order valence-corrected chi connectivity index (χ1v) is 8.47. The summed E-state index contributed by atoms with van der Waals surface area (Å²) < 4.78 is 5.21. The lowest BCUT2D eigenvalue weighted by Crippen LogP contribution is -2.33. The first-order valence-electron chi connectivity index (χ1n) is 8.47. The van der Waals surface area contributed by atoms with E-state index in [2.05, 4.69) is 5.32 Å². The summed E-state index contributed by atoms with van der Waals surface area (Å²) >= 11 is 0. The van der Waals surface area contributed by atoms with Crippen molar-refractivity contribution in [1.82, 2.24) is 5.32 Å². The highest BCUT2D eigenvalue weighted by Gasteiger charge is 2.32. The van der Waals surface area contributed by atoms with Crippen molar-refractivity contribution in [2.24, 2.45) is 0 Å². The quantitative estimate of drug-likeness (QED) is 0.464. The van der Waals surface area contributed by atoms with Gasteiger partial charge >= 0.3 is 6.09 Å². The van der Waals surface area contributed by atoms with Crippen molar-refractivity contribution >= 4 is 29.2 Å². The van der Waals surface area contributed by atoms with Gasteiger partial charge in [0.2, 0.25) is 5.91 Å². The van der Waals surface area contributed by atoms with Gasteiger partial charge in [-0.15, -0.1) is 0 Å². The minimum Gasteiger partial charge on any atom is -0.442 e. The molecule has 2 aromatic carbocycles. The number of hydrogen-bond acceptors (Lipinski definition) is 6. The molecule has 9 heteroatoms. The SMILES string of the molecule is CC(=O)NCC1CN(c2ccc(C(=O)c3ccc([N+](=O)[O-])cc3)cc2)C(=O)O1. The molecular formula is C19H17N3O6. The van der Waals surface area contributed by atoms with Gasteiger partial charge in [0.1, 0.15) is 6.10 Å². The Morgan fingerprint density at radius 2 is 1.71 bits per heavy atom. The van der Waals surface area contributed by atoms with E-state index >= 15 is 0 Å². The summed E-state index contributed by atoms with van der Waals surface area (Å²) in [6.45, 7) is 1.90. The van der Waals surface area contributed by atoms with E-state index in [1.54, 1.807) is 24.3 Å². The highest BCUT2D eigenvalue weighted by atomic mass is 16.6. The molecule has 0 radical (unpaired) electrons. The normalized spacial score (nSPS) is 15.8. The number of hydrogen-bond donors (Lipinski definition) is 1. The van der Waals surface area contributed by atoms with Crippen molar-refractivity contribution in [3.63, 3.8) is 0 Å². The number of nitrogens with one attached hydrogen (secondary N) is 1. The first-order chi connectivity index (χ1) is 13.3. The molecule has 0 spiro atoms.